The first-order valence-electron chi connectivity index (χ1n) is 6.53. The molecule has 4 nitrogen and oxygen atoms in total. The Kier molecular flexibility index (Phi) is 3.55. The van der Waals surface area contributed by atoms with E-state index in [-0.39, 0.29) is 6.54 Å². The molecule has 3 rings (SSSR count). The summed E-state index contributed by atoms with van der Waals surface area (Å²) in [5.74, 6) is -1.51. The lowest BCUT2D eigenvalue weighted by atomic mass is 10.2. The Morgan fingerprint density at radius 1 is 1.17 bits per heavy atom. The summed E-state index contributed by atoms with van der Waals surface area (Å²) < 4.78 is 77.9. The van der Waals surface area contributed by atoms with Crippen molar-refractivity contribution in [1.82, 2.24) is 4.98 Å². The highest BCUT2D eigenvalue weighted by molar-refractivity contribution is 7.92. The molecule has 0 amide bonds. The van der Waals surface area contributed by atoms with Crippen LogP contribution in [0.4, 0.5) is 23.2 Å². The van der Waals surface area contributed by atoms with Gasteiger partial charge in [-0.25, -0.2) is 12.8 Å². The van der Waals surface area contributed by atoms with Crippen molar-refractivity contribution in [2.45, 2.75) is 17.5 Å². The zero-order valence-electron chi connectivity index (χ0n) is 11.5. The van der Waals surface area contributed by atoms with E-state index >= 15 is 0 Å². The van der Waals surface area contributed by atoms with Gasteiger partial charge in [0, 0.05) is 18.9 Å². The lowest BCUT2D eigenvalue weighted by Gasteiger charge is -2.20. The molecule has 0 bridgehead atoms. The number of halogens is 4. The fourth-order valence-electron chi connectivity index (χ4n) is 2.46. The molecule has 9 heteroatoms. The van der Waals surface area contributed by atoms with E-state index in [1.165, 1.54) is 18.5 Å². The number of rotatable bonds is 2. The molecule has 1 aromatic carbocycles. The predicted octanol–water partition coefficient (Wildman–Crippen LogP) is 2.99. The van der Waals surface area contributed by atoms with Gasteiger partial charge in [-0.1, -0.05) is 0 Å². The van der Waals surface area contributed by atoms with Crippen molar-refractivity contribution in [3.05, 3.63) is 53.6 Å². The first-order chi connectivity index (χ1) is 10.7. The van der Waals surface area contributed by atoms with Crippen molar-refractivity contribution >= 4 is 15.7 Å². The second kappa shape index (κ2) is 5.19. The van der Waals surface area contributed by atoms with Crippen LogP contribution in [0.25, 0.3) is 0 Å². The zero-order chi connectivity index (χ0) is 16.8. The van der Waals surface area contributed by atoms with Gasteiger partial charge in [-0.05, 0) is 36.2 Å². The Labute approximate surface area is 129 Å². The normalized spacial score (nSPS) is 14.9. The van der Waals surface area contributed by atoms with Crippen molar-refractivity contribution in [2.75, 3.05) is 10.8 Å². The molecule has 122 valence electrons. The molecule has 0 radical (unpaired) electrons. The monoisotopic (exact) mass is 346 g/mol. The summed E-state index contributed by atoms with van der Waals surface area (Å²) in [6.45, 7) is 0.0993. The number of hydrogen-bond donors (Lipinski definition) is 0. The molecule has 0 fully saturated rings. The summed E-state index contributed by atoms with van der Waals surface area (Å²) in [5, 5.41) is 0. The average molecular weight is 346 g/mol. The van der Waals surface area contributed by atoms with Crippen molar-refractivity contribution in [3.8, 4) is 0 Å². The van der Waals surface area contributed by atoms with Gasteiger partial charge in [-0.3, -0.25) is 9.29 Å². The minimum atomic E-state index is -4.97. The molecule has 23 heavy (non-hydrogen) atoms. The zero-order valence-corrected chi connectivity index (χ0v) is 12.3. The van der Waals surface area contributed by atoms with Gasteiger partial charge in [0.15, 0.2) is 0 Å². The maximum atomic E-state index is 13.3. The van der Waals surface area contributed by atoms with Crippen molar-refractivity contribution < 1.29 is 26.0 Å². The Hall–Kier alpha value is -2.16. The van der Waals surface area contributed by atoms with E-state index in [1.807, 2.05) is 0 Å². The van der Waals surface area contributed by atoms with E-state index in [2.05, 4.69) is 4.98 Å². The van der Waals surface area contributed by atoms with E-state index in [0.717, 1.165) is 10.4 Å². The fourth-order valence-corrected chi connectivity index (χ4v) is 3.99. The molecule has 0 atom stereocenters. The minimum Gasteiger partial charge on any atom is -0.266 e. The largest absolute Gasteiger partial charge is 0.419 e. The van der Waals surface area contributed by atoms with Gasteiger partial charge < -0.3 is 0 Å². The van der Waals surface area contributed by atoms with Gasteiger partial charge in [0.25, 0.3) is 10.0 Å². The van der Waals surface area contributed by atoms with Crippen LogP contribution in [0, 0.1) is 5.82 Å². The average Bonchev–Trinajstić information content (AvgIpc) is 2.90. The van der Waals surface area contributed by atoms with Crippen LogP contribution in [0.3, 0.4) is 0 Å². The standard InChI is InChI=1S/C14H10F4N2O2S/c15-12-2-1-10(7-11(12)14(16,17)18)23(21,22)20-6-4-9-8-19-5-3-13(9)20/h1-3,5,7-8H,4,6H2. The molecule has 2 aromatic rings. The highest BCUT2D eigenvalue weighted by Gasteiger charge is 2.37. The van der Waals surface area contributed by atoms with Crippen molar-refractivity contribution in [3.63, 3.8) is 0 Å². The Morgan fingerprint density at radius 2 is 1.91 bits per heavy atom. The van der Waals surface area contributed by atoms with Gasteiger partial charge in [-0.2, -0.15) is 13.2 Å². The van der Waals surface area contributed by atoms with Gasteiger partial charge in [-0.15, -0.1) is 0 Å². The molecule has 0 spiro atoms. The molecule has 1 aliphatic rings. The fraction of sp³-hybridized carbons (Fsp3) is 0.214. The maximum Gasteiger partial charge on any atom is 0.419 e. The number of nitrogens with zero attached hydrogens (tertiary/aromatic N) is 2. The van der Waals surface area contributed by atoms with Crippen LogP contribution >= 0.6 is 0 Å². The smallest absolute Gasteiger partial charge is 0.266 e. The highest BCUT2D eigenvalue weighted by atomic mass is 32.2. The first-order valence-corrected chi connectivity index (χ1v) is 7.97. The molecule has 0 aliphatic carbocycles. The second-order valence-corrected chi connectivity index (χ2v) is 6.83. The Morgan fingerprint density at radius 3 is 2.61 bits per heavy atom. The molecule has 1 aromatic heterocycles. The second-order valence-electron chi connectivity index (χ2n) is 4.97. The van der Waals surface area contributed by atoms with Gasteiger partial charge in [0.05, 0.1) is 16.1 Å². The number of hydrogen-bond acceptors (Lipinski definition) is 3. The third kappa shape index (κ3) is 2.65. The molecule has 0 saturated carbocycles. The number of aromatic nitrogens is 1. The lowest BCUT2D eigenvalue weighted by Crippen LogP contribution is -2.29. The third-order valence-corrected chi connectivity index (χ3v) is 5.37. The van der Waals surface area contributed by atoms with Gasteiger partial charge in [0.2, 0.25) is 0 Å². The van der Waals surface area contributed by atoms with Crippen LogP contribution in [-0.4, -0.2) is 19.9 Å². The van der Waals surface area contributed by atoms with Crippen LogP contribution in [0.15, 0.2) is 41.6 Å². The topological polar surface area (TPSA) is 50.3 Å². The molecule has 0 unspecified atom stereocenters. The number of alkyl halides is 3. The first kappa shape index (κ1) is 15.7. The third-order valence-electron chi connectivity index (χ3n) is 3.56. The van der Waals surface area contributed by atoms with Crippen LogP contribution in [0.5, 0.6) is 0 Å². The van der Waals surface area contributed by atoms with E-state index in [4.69, 9.17) is 0 Å². The summed E-state index contributed by atoms with van der Waals surface area (Å²) in [5.41, 5.74) is -0.542. The number of sulfonamides is 1. The summed E-state index contributed by atoms with van der Waals surface area (Å²) in [6.07, 6.45) is -1.65. The Balaban J connectivity index is 2.09. The van der Waals surface area contributed by atoms with Crippen molar-refractivity contribution in [2.24, 2.45) is 0 Å². The SMILES string of the molecule is O=S(=O)(c1ccc(F)c(C(F)(F)F)c1)N1CCc2cnccc21. The molecule has 2 heterocycles. The predicted molar refractivity (Wildman–Crippen MR) is 73.9 cm³/mol. The molecule has 0 saturated heterocycles. The van der Waals surface area contributed by atoms with Crippen LogP contribution < -0.4 is 4.31 Å². The van der Waals surface area contributed by atoms with Gasteiger partial charge in [0.1, 0.15) is 5.82 Å². The van der Waals surface area contributed by atoms with Crippen molar-refractivity contribution in [1.29, 1.82) is 0 Å². The summed E-state index contributed by atoms with van der Waals surface area (Å²) in [4.78, 5) is 3.28. The molecular weight excluding hydrogens is 336 g/mol. The van der Waals surface area contributed by atoms with E-state index < -0.39 is 32.5 Å². The molecular formula is C14H10F4N2O2S. The number of fused-ring (bicyclic) bond motifs is 1. The summed E-state index contributed by atoms with van der Waals surface area (Å²) in [7, 11) is -4.21. The quantitative estimate of drug-likeness (QED) is 0.786. The van der Waals surface area contributed by atoms with E-state index in [0.29, 0.717) is 29.8 Å². The number of benzene rings is 1. The molecule has 0 N–H and O–H groups in total. The van der Waals surface area contributed by atoms with Crippen LogP contribution in [-0.2, 0) is 22.6 Å². The number of pyridine rings is 1. The van der Waals surface area contributed by atoms with E-state index in [1.54, 1.807) is 0 Å². The summed E-state index contributed by atoms with van der Waals surface area (Å²) in [6, 6.07) is 3.15. The maximum absolute atomic E-state index is 13.3. The van der Waals surface area contributed by atoms with E-state index in [9.17, 15) is 26.0 Å². The lowest BCUT2D eigenvalue weighted by molar-refractivity contribution is -0.140. The summed E-state index contributed by atoms with van der Waals surface area (Å²) >= 11 is 0. The van der Waals surface area contributed by atoms with Gasteiger partial charge >= 0.3 is 6.18 Å². The highest BCUT2D eigenvalue weighted by Crippen LogP contribution is 2.36. The minimum absolute atomic E-state index is 0.0993. The van der Waals surface area contributed by atoms with Crippen LogP contribution in [0.1, 0.15) is 11.1 Å². The Bertz CT molecular complexity index is 865. The number of anilines is 1. The molecule has 1 aliphatic heterocycles. The van der Waals surface area contributed by atoms with Crippen LogP contribution in [0.2, 0.25) is 0 Å².